The molecule has 0 amide bonds. The maximum absolute atomic E-state index is 13.8. The molecule has 2 heterocycles. The molecule has 0 spiro atoms. The number of nitrogens with one attached hydrogen (secondary N) is 1. The van der Waals surface area contributed by atoms with Crippen LogP contribution in [0.2, 0.25) is 5.02 Å². The molecule has 3 rings (SSSR count). The molecule has 0 aliphatic carbocycles. The fourth-order valence-corrected chi connectivity index (χ4v) is 3.57. The third-order valence-electron chi connectivity index (χ3n) is 4.48. The van der Waals surface area contributed by atoms with Gasteiger partial charge in [-0.25, -0.2) is 4.39 Å². The van der Waals surface area contributed by atoms with Crippen LogP contribution in [0.25, 0.3) is 0 Å². The van der Waals surface area contributed by atoms with Crippen molar-refractivity contribution < 1.29 is 4.39 Å². The SMILES string of the molecule is CC1C2CNCC2CN1Cc1c(F)cccc1Cl. The Balaban J connectivity index is 1.78. The normalized spacial score (nSPS) is 31.8. The van der Waals surface area contributed by atoms with Gasteiger partial charge < -0.3 is 5.32 Å². The molecule has 2 aliphatic heterocycles. The van der Waals surface area contributed by atoms with E-state index in [0.717, 1.165) is 19.6 Å². The summed E-state index contributed by atoms with van der Waals surface area (Å²) in [5.74, 6) is 1.23. The molecule has 1 N–H and O–H groups in total. The summed E-state index contributed by atoms with van der Waals surface area (Å²) in [6.45, 7) is 6.10. The Hall–Kier alpha value is -0.640. The van der Waals surface area contributed by atoms with Gasteiger partial charge in [0.15, 0.2) is 0 Å². The zero-order valence-corrected chi connectivity index (χ0v) is 11.3. The largest absolute Gasteiger partial charge is 0.316 e. The summed E-state index contributed by atoms with van der Waals surface area (Å²) in [5.41, 5.74) is 0.638. The Morgan fingerprint density at radius 1 is 1.44 bits per heavy atom. The molecule has 2 aliphatic rings. The van der Waals surface area contributed by atoms with Gasteiger partial charge in [0, 0.05) is 29.7 Å². The lowest BCUT2D eigenvalue weighted by atomic mass is 9.95. The highest BCUT2D eigenvalue weighted by Crippen LogP contribution is 2.34. The molecule has 0 aromatic heterocycles. The molecule has 3 unspecified atom stereocenters. The number of likely N-dealkylation sites (tertiary alicyclic amines) is 1. The number of hydrogen-bond donors (Lipinski definition) is 1. The van der Waals surface area contributed by atoms with Crippen LogP contribution < -0.4 is 5.32 Å². The quantitative estimate of drug-likeness (QED) is 0.887. The minimum Gasteiger partial charge on any atom is -0.316 e. The zero-order valence-electron chi connectivity index (χ0n) is 10.5. The van der Waals surface area contributed by atoms with Crippen molar-refractivity contribution in [3.8, 4) is 0 Å². The van der Waals surface area contributed by atoms with Crippen molar-refractivity contribution in [1.82, 2.24) is 10.2 Å². The van der Waals surface area contributed by atoms with E-state index in [1.807, 2.05) is 0 Å². The van der Waals surface area contributed by atoms with Gasteiger partial charge in [-0.3, -0.25) is 4.90 Å². The summed E-state index contributed by atoms with van der Waals surface area (Å²) in [7, 11) is 0. The molecule has 0 saturated carbocycles. The second-order valence-electron chi connectivity index (χ2n) is 5.45. The van der Waals surface area contributed by atoms with Crippen molar-refractivity contribution in [2.75, 3.05) is 19.6 Å². The monoisotopic (exact) mass is 268 g/mol. The molecule has 18 heavy (non-hydrogen) atoms. The number of hydrogen-bond acceptors (Lipinski definition) is 2. The first-order chi connectivity index (χ1) is 8.66. The molecule has 98 valence electrons. The van der Waals surface area contributed by atoms with Gasteiger partial charge in [0.05, 0.1) is 0 Å². The van der Waals surface area contributed by atoms with Gasteiger partial charge in [-0.1, -0.05) is 17.7 Å². The van der Waals surface area contributed by atoms with E-state index in [9.17, 15) is 4.39 Å². The average Bonchev–Trinajstić information content (AvgIpc) is 2.89. The highest BCUT2D eigenvalue weighted by atomic mass is 35.5. The van der Waals surface area contributed by atoms with Crippen LogP contribution in [0.1, 0.15) is 12.5 Å². The first-order valence-electron chi connectivity index (χ1n) is 6.54. The molecule has 2 nitrogen and oxygen atoms in total. The predicted molar refractivity (Wildman–Crippen MR) is 71.1 cm³/mol. The van der Waals surface area contributed by atoms with Crippen LogP contribution >= 0.6 is 11.6 Å². The van der Waals surface area contributed by atoms with Crippen LogP contribution in [0.15, 0.2) is 18.2 Å². The Morgan fingerprint density at radius 3 is 3.00 bits per heavy atom. The molecule has 3 atom stereocenters. The smallest absolute Gasteiger partial charge is 0.129 e. The number of halogens is 2. The first kappa shape index (κ1) is 12.4. The summed E-state index contributed by atoms with van der Waals surface area (Å²) in [4.78, 5) is 2.36. The van der Waals surface area contributed by atoms with E-state index in [2.05, 4.69) is 17.1 Å². The number of benzene rings is 1. The van der Waals surface area contributed by atoms with Gasteiger partial charge in [0.2, 0.25) is 0 Å². The third kappa shape index (κ3) is 2.04. The van der Waals surface area contributed by atoms with E-state index in [1.54, 1.807) is 12.1 Å². The molecule has 1 aromatic carbocycles. The Kier molecular flexibility index (Phi) is 3.31. The predicted octanol–water partition coefficient (Wildman–Crippen LogP) is 2.52. The van der Waals surface area contributed by atoms with E-state index < -0.39 is 0 Å². The van der Waals surface area contributed by atoms with Crippen LogP contribution in [0.4, 0.5) is 4.39 Å². The van der Waals surface area contributed by atoms with E-state index in [0.29, 0.717) is 35.0 Å². The van der Waals surface area contributed by atoms with E-state index >= 15 is 0 Å². The van der Waals surface area contributed by atoms with Crippen molar-refractivity contribution >= 4 is 11.6 Å². The van der Waals surface area contributed by atoms with Gasteiger partial charge in [-0.05, 0) is 44.0 Å². The van der Waals surface area contributed by atoms with Crippen molar-refractivity contribution in [3.05, 3.63) is 34.6 Å². The molecule has 1 aromatic rings. The van der Waals surface area contributed by atoms with Crippen molar-refractivity contribution in [2.45, 2.75) is 19.5 Å². The maximum Gasteiger partial charge on any atom is 0.129 e. The van der Waals surface area contributed by atoms with Crippen LogP contribution in [0.3, 0.4) is 0 Å². The zero-order chi connectivity index (χ0) is 12.7. The van der Waals surface area contributed by atoms with E-state index in [-0.39, 0.29) is 5.82 Å². The first-order valence-corrected chi connectivity index (χ1v) is 6.92. The Morgan fingerprint density at radius 2 is 2.28 bits per heavy atom. The van der Waals surface area contributed by atoms with E-state index in [1.165, 1.54) is 6.07 Å². The number of nitrogens with zero attached hydrogens (tertiary/aromatic N) is 1. The standard InChI is InChI=1S/C14H18ClFN2/c1-9-11-6-17-5-10(11)7-18(9)8-12-13(15)3-2-4-14(12)16/h2-4,9-11,17H,5-8H2,1H3. The topological polar surface area (TPSA) is 15.3 Å². The molecule has 0 radical (unpaired) electrons. The molecule has 2 saturated heterocycles. The van der Waals surface area contributed by atoms with Gasteiger partial charge in [0.25, 0.3) is 0 Å². The Bertz CT molecular complexity index is 431. The summed E-state index contributed by atoms with van der Waals surface area (Å²) >= 11 is 6.10. The van der Waals surface area contributed by atoms with Crippen molar-refractivity contribution in [3.63, 3.8) is 0 Å². The van der Waals surface area contributed by atoms with Gasteiger partial charge in [0.1, 0.15) is 5.82 Å². The highest BCUT2D eigenvalue weighted by Gasteiger charge is 2.41. The fourth-order valence-electron chi connectivity index (χ4n) is 3.35. The third-order valence-corrected chi connectivity index (χ3v) is 4.83. The van der Waals surface area contributed by atoms with Crippen LogP contribution in [0, 0.1) is 17.7 Å². The van der Waals surface area contributed by atoms with Crippen molar-refractivity contribution in [1.29, 1.82) is 0 Å². The minimum atomic E-state index is -0.190. The molecular formula is C14H18ClFN2. The van der Waals surface area contributed by atoms with Crippen LogP contribution in [-0.4, -0.2) is 30.6 Å². The average molecular weight is 269 g/mol. The molecule has 0 bridgehead atoms. The minimum absolute atomic E-state index is 0.190. The van der Waals surface area contributed by atoms with Crippen molar-refractivity contribution in [2.24, 2.45) is 11.8 Å². The Labute approximate surface area is 112 Å². The molecule has 2 fully saturated rings. The lowest BCUT2D eigenvalue weighted by molar-refractivity contribution is 0.228. The van der Waals surface area contributed by atoms with Gasteiger partial charge in [-0.15, -0.1) is 0 Å². The molecular weight excluding hydrogens is 251 g/mol. The van der Waals surface area contributed by atoms with Crippen LogP contribution in [-0.2, 0) is 6.54 Å². The maximum atomic E-state index is 13.8. The summed E-state index contributed by atoms with van der Waals surface area (Å²) < 4.78 is 13.8. The van der Waals surface area contributed by atoms with Gasteiger partial charge >= 0.3 is 0 Å². The second-order valence-corrected chi connectivity index (χ2v) is 5.86. The lowest BCUT2D eigenvalue weighted by Crippen LogP contribution is -2.33. The fraction of sp³-hybridized carbons (Fsp3) is 0.571. The molecule has 4 heteroatoms. The highest BCUT2D eigenvalue weighted by molar-refractivity contribution is 6.31. The summed E-state index contributed by atoms with van der Waals surface area (Å²) in [6, 6.07) is 5.42. The number of fused-ring (bicyclic) bond motifs is 1. The second kappa shape index (κ2) is 4.80. The summed E-state index contributed by atoms with van der Waals surface area (Å²) in [6.07, 6.45) is 0. The lowest BCUT2D eigenvalue weighted by Gasteiger charge is -2.24. The summed E-state index contributed by atoms with van der Waals surface area (Å²) in [5, 5.41) is 3.97. The number of rotatable bonds is 2. The van der Waals surface area contributed by atoms with Gasteiger partial charge in [-0.2, -0.15) is 0 Å². The van der Waals surface area contributed by atoms with Crippen LogP contribution in [0.5, 0.6) is 0 Å². The van der Waals surface area contributed by atoms with E-state index in [4.69, 9.17) is 11.6 Å².